The van der Waals surface area contributed by atoms with Gasteiger partial charge in [0.25, 0.3) is 0 Å². The molecule has 0 spiro atoms. The number of benzene rings is 1. The van der Waals surface area contributed by atoms with Gasteiger partial charge in [0.05, 0.1) is 0 Å². The third-order valence-corrected chi connectivity index (χ3v) is 3.68. The van der Waals surface area contributed by atoms with Crippen LogP contribution in [-0.2, 0) is 11.3 Å². The number of halogens is 2. The zero-order valence-corrected chi connectivity index (χ0v) is 13.5. The van der Waals surface area contributed by atoms with Crippen LogP contribution in [0.1, 0.15) is 37.7 Å². The Bertz CT molecular complexity index is 440. The molecule has 0 heterocycles. The molecule has 0 aromatic heterocycles. The highest BCUT2D eigenvalue weighted by molar-refractivity contribution is 9.10. The van der Waals surface area contributed by atoms with E-state index in [1.54, 1.807) is 24.1 Å². The van der Waals surface area contributed by atoms with Crippen LogP contribution in [0.25, 0.3) is 0 Å². The number of nitrogens with zero attached hydrogens (tertiary/aromatic N) is 1. The molecule has 1 aromatic carbocycles. The zero-order valence-electron chi connectivity index (χ0n) is 11.9. The normalized spacial score (nSPS) is 10.6. The van der Waals surface area contributed by atoms with E-state index in [9.17, 15) is 9.18 Å². The molecular weight excluding hydrogens is 323 g/mol. The van der Waals surface area contributed by atoms with Gasteiger partial charge in [0, 0.05) is 30.0 Å². The molecule has 0 radical (unpaired) electrons. The van der Waals surface area contributed by atoms with Crippen LogP contribution in [0.4, 0.5) is 4.39 Å². The lowest BCUT2D eigenvalue weighted by molar-refractivity contribution is -0.130. The summed E-state index contributed by atoms with van der Waals surface area (Å²) in [6, 6.07) is 4.77. The third kappa shape index (κ3) is 6.01. The molecule has 112 valence electrons. The molecule has 0 saturated heterocycles. The van der Waals surface area contributed by atoms with E-state index < -0.39 is 0 Å². The van der Waals surface area contributed by atoms with Gasteiger partial charge in [-0.15, -0.1) is 0 Å². The highest BCUT2D eigenvalue weighted by Gasteiger charge is 2.11. The molecule has 20 heavy (non-hydrogen) atoms. The molecule has 3 nitrogen and oxygen atoms in total. The number of carbonyl (C=O) groups is 1. The quantitative estimate of drug-likeness (QED) is 0.734. The molecule has 0 bridgehead atoms. The van der Waals surface area contributed by atoms with E-state index >= 15 is 0 Å². The van der Waals surface area contributed by atoms with Crippen LogP contribution in [0, 0.1) is 5.82 Å². The molecule has 0 aliphatic carbocycles. The highest BCUT2D eigenvalue weighted by Crippen LogP contribution is 2.17. The maximum absolute atomic E-state index is 13.6. The summed E-state index contributed by atoms with van der Waals surface area (Å²) in [6.07, 6.45) is 4.46. The van der Waals surface area contributed by atoms with Crippen LogP contribution in [0.15, 0.2) is 22.7 Å². The molecule has 1 rings (SSSR count). The molecule has 0 atom stereocenters. The molecule has 1 amide bonds. The smallest absolute Gasteiger partial charge is 0.222 e. The molecule has 0 aliphatic heterocycles. The Morgan fingerprint density at radius 2 is 2.00 bits per heavy atom. The number of hydrogen-bond donors (Lipinski definition) is 1. The number of nitrogens with two attached hydrogens (primary N) is 1. The van der Waals surface area contributed by atoms with E-state index in [1.165, 1.54) is 6.07 Å². The summed E-state index contributed by atoms with van der Waals surface area (Å²) in [5.41, 5.74) is 5.94. The highest BCUT2D eigenvalue weighted by atomic mass is 79.9. The molecular formula is C15H22BrFN2O. The Morgan fingerprint density at radius 3 is 2.70 bits per heavy atom. The molecule has 2 N–H and O–H groups in total. The summed E-state index contributed by atoms with van der Waals surface area (Å²) in [4.78, 5) is 13.5. The lowest BCUT2D eigenvalue weighted by Gasteiger charge is -2.18. The molecule has 5 heteroatoms. The third-order valence-electron chi connectivity index (χ3n) is 3.19. The Kier molecular flexibility index (Phi) is 7.77. The summed E-state index contributed by atoms with van der Waals surface area (Å²) in [5.74, 6) is -0.229. The van der Waals surface area contributed by atoms with Crippen molar-refractivity contribution in [2.45, 2.75) is 38.6 Å². The number of amides is 1. The van der Waals surface area contributed by atoms with Crippen molar-refractivity contribution in [3.05, 3.63) is 34.1 Å². The fraction of sp³-hybridized carbons (Fsp3) is 0.533. The van der Waals surface area contributed by atoms with E-state index in [0.717, 1.165) is 30.2 Å². The summed E-state index contributed by atoms with van der Waals surface area (Å²) in [7, 11) is 1.71. The number of rotatable bonds is 8. The van der Waals surface area contributed by atoms with Crippen LogP contribution in [0.3, 0.4) is 0 Å². The second-order valence-corrected chi connectivity index (χ2v) is 5.85. The largest absolute Gasteiger partial charge is 0.341 e. The van der Waals surface area contributed by atoms with Crippen LogP contribution in [0.2, 0.25) is 0 Å². The van der Waals surface area contributed by atoms with Gasteiger partial charge in [-0.2, -0.15) is 0 Å². The van der Waals surface area contributed by atoms with Gasteiger partial charge in [0.1, 0.15) is 5.82 Å². The minimum Gasteiger partial charge on any atom is -0.341 e. The van der Waals surface area contributed by atoms with Crippen LogP contribution >= 0.6 is 15.9 Å². The topological polar surface area (TPSA) is 46.3 Å². The molecule has 0 aliphatic rings. The number of hydrogen-bond acceptors (Lipinski definition) is 2. The predicted molar refractivity (Wildman–Crippen MR) is 82.7 cm³/mol. The minimum atomic E-state index is -0.282. The van der Waals surface area contributed by atoms with Crippen molar-refractivity contribution in [1.29, 1.82) is 0 Å². The summed E-state index contributed by atoms with van der Waals surface area (Å²) in [6.45, 7) is 1.00. The van der Waals surface area contributed by atoms with Crippen molar-refractivity contribution in [2.75, 3.05) is 13.6 Å². The lowest BCUT2D eigenvalue weighted by atomic mass is 10.1. The first-order valence-corrected chi connectivity index (χ1v) is 7.72. The van der Waals surface area contributed by atoms with E-state index in [2.05, 4.69) is 15.9 Å². The summed E-state index contributed by atoms with van der Waals surface area (Å²) >= 11 is 3.31. The Labute approximate surface area is 128 Å². The van der Waals surface area contributed by atoms with Crippen LogP contribution < -0.4 is 5.73 Å². The Morgan fingerprint density at radius 1 is 1.30 bits per heavy atom. The van der Waals surface area contributed by atoms with Gasteiger partial charge in [-0.05, 0) is 37.6 Å². The molecule has 0 fully saturated rings. The number of unbranched alkanes of at least 4 members (excludes halogenated alkanes) is 3. The van der Waals surface area contributed by atoms with E-state index in [-0.39, 0.29) is 11.7 Å². The lowest BCUT2D eigenvalue weighted by Crippen LogP contribution is -2.26. The average molecular weight is 345 g/mol. The Balaban J connectivity index is 2.39. The second-order valence-electron chi connectivity index (χ2n) is 4.94. The van der Waals surface area contributed by atoms with Crippen LogP contribution in [-0.4, -0.2) is 24.4 Å². The van der Waals surface area contributed by atoms with Gasteiger partial charge in [0.2, 0.25) is 5.91 Å². The first-order valence-electron chi connectivity index (χ1n) is 6.92. The summed E-state index contributed by atoms with van der Waals surface area (Å²) < 4.78 is 14.4. The molecule has 1 aromatic rings. The van der Waals surface area contributed by atoms with Gasteiger partial charge in [0.15, 0.2) is 0 Å². The van der Waals surface area contributed by atoms with E-state index in [0.29, 0.717) is 25.1 Å². The van der Waals surface area contributed by atoms with Gasteiger partial charge in [-0.1, -0.05) is 28.8 Å². The predicted octanol–water partition coefficient (Wildman–Crippen LogP) is 3.46. The fourth-order valence-corrected chi connectivity index (χ4v) is 2.38. The van der Waals surface area contributed by atoms with Crippen molar-refractivity contribution in [2.24, 2.45) is 5.73 Å². The zero-order chi connectivity index (χ0) is 15.0. The van der Waals surface area contributed by atoms with Gasteiger partial charge < -0.3 is 10.6 Å². The van der Waals surface area contributed by atoms with Gasteiger partial charge >= 0.3 is 0 Å². The van der Waals surface area contributed by atoms with Crippen molar-refractivity contribution < 1.29 is 9.18 Å². The van der Waals surface area contributed by atoms with Crippen LogP contribution in [0.5, 0.6) is 0 Å². The standard InChI is InChI=1S/C15H22BrFN2O/c1-19(15(20)6-4-2-3-5-9-18)11-12-10-13(16)7-8-14(12)17/h7-8,10H,2-6,9,11,18H2,1H3. The average Bonchev–Trinajstić information content (AvgIpc) is 2.42. The van der Waals surface area contributed by atoms with E-state index in [1.807, 2.05) is 0 Å². The summed E-state index contributed by atoms with van der Waals surface area (Å²) in [5, 5.41) is 0. The monoisotopic (exact) mass is 344 g/mol. The SMILES string of the molecule is CN(Cc1cc(Br)ccc1F)C(=O)CCCCCCN. The van der Waals surface area contributed by atoms with Gasteiger partial charge in [-0.3, -0.25) is 4.79 Å². The van der Waals surface area contributed by atoms with Crippen molar-refractivity contribution in [3.63, 3.8) is 0 Å². The minimum absolute atomic E-state index is 0.0529. The van der Waals surface area contributed by atoms with Gasteiger partial charge in [-0.25, -0.2) is 4.39 Å². The van der Waals surface area contributed by atoms with E-state index in [4.69, 9.17) is 5.73 Å². The van der Waals surface area contributed by atoms with Crippen molar-refractivity contribution >= 4 is 21.8 Å². The first-order chi connectivity index (χ1) is 9.54. The second kappa shape index (κ2) is 9.08. The number of carbonyl (C=O) groups excluding carboxylic acids is 1. The first kappa shape index (κ1) is 17.1. The molecule has 0 unspecified atom stereocenters. The van der Waals surface area contributed by atoms with Crippen molar-refractivity contribution in [1.82, 2.24) is 4.90 Å². The maximum atomic E-state index is 13.6. The van der Waals surface area contributed by atoms with Crippen molar-refractivity contribution in [3.8, 4) is 0 Å². The fourth-order valence-electron chi connectivity index (χ4n) is 1.97. The Hall–Kier alpha value is -0.940. The molecule has 0 saturated carbocycles. The maximum Gasteiger partial charge on any atom is 0.222 e.